The Morgan fingerprint density at radius 3 is 2.69 bits per heavy atom. The van der Waals surface area contributed by atoms with Gasteiger partial charge >= 0.3 is 0 Å². The summed E-state index contributed by atoms with van der Waals surface area (Å²) in [4.78, 5) is 33.1. The van der Waals surface area contributed by atoms with Crippen molar-refractivity contribution in [3.63, 3.8) is 0 Å². The minimum absolute atomic E-state index is 0.0562. The van der Waals surface area contributed by atoms with E-state index in [1.807, 2.05) is 38.4 Å². The van der Waals surface area contributed by atoms with Crippen LogP contribution in [0.3, 0.4) is 0 Å². The molecule has 2 aromatic carbocycles. The number of nitrogens with zero attached hydrogens (tertiary/aromatic N) is 2. The summed E-state index contributed by atoms with van der Waals surface area (Å²) < 4.78 is 1.46. The molecule has 0 fully saturated rings. The fourth-order valence-electron chi connectivity index (χ4n) is 4.13. The second kappa shape index (κ2) is 11.0. The summed E-state index contributed by atoms with van der Waals surface area (Å²) in [5.74, 6) is 0.0303. The fourth-order valence-corrected chi connectivity index (χ4v) is 4.13. The topological polar surface area (TPSA) is 104 Å². The number of benzene rings is 2. The molecule has 182 valence electrons. The van der Waals surface area contributed by atoms with E-state index in [0.29, 0.717) is 18.8 Å². The molecule has 4 aromatic rings. The highest BCUT2D eigenvalue weighted by atomic mass is 16.2. The molecule has 0 saturated heterocycles. The highest BCUT2D eigenvalue weighted by Crippen LogP contribution is 2.18. The molecule has 4 N–H and O–H groups in total. The first-order chi connectivity index (χ1) is 16.9. The van der Waals surface area contributed by atoms with E-state index in [1.165, 1.54) is 15.7 Å². The molecule has 8 nitrogen and oxygen atoms in total. The van der Waals surface area contributed by atoms with E-state index in [1.54, 1.807) is 13.1 Å². The number of hydrogen-bond acceptors (Lipinski definition) is 5. The highest BCUT2D eigenvalue weighted by molar-refractivity contribution is 5.83. The lowest BCUT2D eigenvalue weighted by Crippen LogP contribution is -2.34. The summed E-state index contributed by atoms with van der Waals surface area (Å²) in [7, 11) is 1.92. The van der Waals surface area contributed by atoms with E-state index in [4.69, 9.17) is 0 Å². The van der Waals surface area contributed by atoms with Crippen LogP contribution < -0.4 is 21.5 Å². The third-order valence-electron chi connectivity index (χ3n) is 6.08. The first kappa shape index (κ1) is 24.2. The first-order valence-corrected chi connectivity index (χ1v) is 11.8. The number of aromatic nitrogens is 3. The van der Waals surface area contributed by atoms with Crippen molar-refractivity contribution < 1.29 is 4.79 Å². The Hall–Kier alpha value is -3.91. The Morgan fingerprint density at radius 1 is 1.06 bits per heavy atom. The maximum absolute atomic E-state index is 13.0. The molecule has 0 aliphatic rings. The molecule has 0 radical (unpaired) electrons. The molecule has 0 bridgehead atoms. The van der Waals surface area contributed by atoms with Crippen molar-refractivity contribution in [1.82, 2.24) is 25.2 Å². The third-order valence-corrected chi connectivity index (χ3v) is 6.08. The molecular formula is C27H32N6O2. The minimum Gasteiger partial charge on any atom is -0.365 e. The summed E-state index contributed by atoms with van der Waals surface area (Å²) >= 11 is 0. The zero-order valence-electron chi connectivity index (χ0n) is 20.4. The zero-order valence-corrected chi connectivity index (χ0v) is 20.4. The number of hydrogen-bond donors (Lipinski definition) is 4. The van der Waals surface area contributed by atoms with Crippen LogP contribution in [0.25, 0.3) is 10.9 Å². The van der Waals surface area contributed by atoms with Crippen LogP contribution >= 0.6 is 0 Å². The number of anilines is 1. The number of carbonyl (C=O) groups is 1. The molecule has 35 heavy (non-hydrogen) atoms. The van der Waals surface area contributed by atoms with Crippen LogP contribution in [0.5, 0.6) is 0 Å². The van der Waals surface area contributed by atoms with Crippen molar-refractivity contribution in [3.05, 3.63) is 93.2 Å². The summed E-state index contributed by atoms with van der Waals surface area (Å²) in [6.45, 7) is 5.55. The Bertz CT molecular complexity index is 1390. The zero-order chi connectivity index (χ0) is 24.8. The molecular weight excluding hydrogens is 440 g/mol. The van der Waals surface area contributed by atoms with Gasteiger partial charge < -0.3 is 20.9 Å². The van der Waals surface area contributed by atoms with Gasteiger partial charge in [-0.15, -0.1) is 0 Å². The Morgan fingerprint density at radius 2 is 1.86 bits per heavy atom. The van der Waals surface area contributed by atoms with Gasteiger partial charge in [-0.2, -0.15) is 0 Å². The van der Waals surface area contributed by atoms with Crippen LogP contribution in [0.4, 0.5) is 5.82 Å². The summed E-state index contributed by atoms with van der Waals surface area (Å²) in [5.41, 5.74) is 5.99. The van der Waals surface area contributed by atoms with E-state index in [0.717, 1.165) is 35.0 Å². The van der Waals surface area contributed by atoms with E-state index in [-0.39, 0.29) is 23.8 Å². The standard InChI is InChI=1S/C27H32N6O2/c1-18-13-30-24-8-7-22(12-23(18)24)16-31-25(34)17-33-19(2)14-32-26(27(33)35)29-10-9-20-5-4-6-21(11-20)15-28-3/h4-8,11-14,28,30H,9-10,15-17H2,1-3H3,(H,29,32)(H,31,34). The van der Waals surface area contributed by atoms with Crippen molar-refractivity contribution in [2.45, 2.75) is 39.9 Å². The van der Waals surface area contributed by atoms with Crippen LogP contribution in [-0.4, -0.2) is 34.0 Å². The maximum atomic E-state index is 13.0. The van der Waals surface area contributed by atoms with Crippen molar-refractivity contribution in [3.8, 4) is 0 Å². The Kier molecular flexibility index (Phi) is 7.62. The van der Waals surface area contributed by atoms with Crippen LogP contribution in [0.1, 0.15) is 27.9 Å². The Balaban J connectivity index is 1.36. The molecule has 8 heteroatoms. The molecule has 0 aliphatic carbocycles. The van der Waals surface area contributed by atoms with Gasteiger partial charge in [-0.25, -0.2) is 4.98 Å². The summed E-state index contributed by atoms with van der Waals surface area (Å²) in [6.07, 6.45) is 4.35. The van der Waals surface area contributed by atoms with Gasteiger partial charge in [-0.05, 0) is 61.7 Å². The van der Waals surface area contributed by atoms with E-state index in [2.05, 4.69) is 50.2 Å². The number of rotatable bonds is 10. The SMILES string of the molecule is CNCc1cccc(CCNc2ncc(C)n(CC(=O)NCc3ccc4[nH]cc(C)c4c3)c2=O)c1. The number of amides is 1. The van der Waals surface area contributed by atoms with Crippen LogP contribution in [0, 0.1) is 13.8 Å². The van der Waals surface area contributed by atoms with Crippen molar-refractivity contribution in [2.24, 2.45) is 0 Å². The normalized spacial score (nSPS) is 11.1. The number of aryl methyl sites for hydroxylation is 2. The fraction of sp³-hybridized carbons (Fsp3) is 0.296. The van der Waals surface area contributed by atoms with Crippen LogP contribution in [-0.2, 0) is 30.8 Å². The van der Waals surface area contributed by atoms with Gasteiger partial charge in [0.2, 0.25) is 5.91 Å². The smallest absolute Gasteiger partial charge is 0.293 e. The Labute approximate surface area is 204 Å². The summed E-state index contributed by atoms with van der Waals surface area (Å²) in [6, 6.07) is 14.4. The molecule has 1 amide bonds. The molecule has 0 aliphatic heterocycles. The van der Waals surface area contributed by atoms with Gasteiger partial charge in [-0.3, -0.25) is 14.2 Å². The lowest BCUT2D eigenvalue weighted by molar-refractivity contribution is -0.121. The van der Waals surface area contributed by atoms with Gasteiger partial charge in [0.05, 0.1) is 0 Å². The third kappa shape index (κ3) is 5.96. The number of carbonyl (C=O) groups excluding carboxylic acids is 1. The molecule has 0 atom stereocenters. The first-order valence-electron chi connectivity index (χ1n) is 11.8. The van der Waals surface area contributed by atoms with E-state index in [9.17, 15) is 9.59 Å². The van der Waals surface area contributed by atoms with Crippen molar-refractivity contribution >= 4 is 22.6 Å². The molecule has 2 aromatic heterocycles. The minimum atomic E-state index is -0.298. The number of aromatic amines is 1. The second-order valence-electron chi connectivity index (χ2n) is 8.79. The van der Waals surface area contributed by atoms with Gasteiger partial charge in [-0.1, -0.05) is 30.3 Å². The van der Waals surface area contributed by atoms with Gasteiger partial charge in [0, 0.05) is 48.6 Å². The monoisotopic (exact) mass is 472 g/mol. The summed E-state index contributed by atoms with van der Waals surface area (Å²) in [5, 5.41) is 10.4. The molecule has 0 spiro atoms. The second-order valence-corrected chi connectivity index (χ2v) is 8.79. The number of fused-ring (bicyclic) bond motifs is 1. The van der Waals surface area contributed by atoms with E-state index >= 15 is 0 Å². The molecule has 0 saturated carbocycles. The predicted molar refractivity (Wildman–Crippen MR) is 140 cm³/mol. The van der Waals surface area contributed by atoms with Gasteiger partial charge in [0.15, 0.2) is 5.82 Å². The predicted octanol–water partition coefficient (Wildman–Crippen LogP) is 3.03. The van der Waals surface area contributed by atoms with Gasteiger partial charge in [0.25, 0.3) is 5.56 Å². The molecule has 4 rings (SSSR count). The molecule has 2 heterocycles. The highest BCUT2D eigenvalue weighted by Gasteiger charge is 2.12. The maximum Gasteiger partial charge on any atom is 0.293 e. The largest absolute Gasteiger partial charge is 0.365 e. The van der Waals surface area contributed by atoms with Crippen molar-refractivity contribution in [2.75, 3.05) is 18.9 Å². The average molecular weight is 473 g/mol. The number of H-pyrrole nitrogens is 1. The molecule has 0 unspecified atom stereocenters. The van der Waals surface area contributed by atoms with Crippen LogP contribution in [0.2, 0.25) is 0 Å². The van der Waals surface area contributed by atoms with Crippen molar-refractivity contribution in [1.29, 1.82) is 0 Å². The van der Waals surface area contributed by atoms with E-state index < -0.39 is 0 Å². The van der Waals surface area contributed by atoms with Gasteiger partial charge in [0.1, 0.15) is 6.54 Å². The lowest BCUT2D eigenvalue weighted by atomic mass is 10.1. The average Bonchev–Trinajstić information content (AvgIpc) is 3.22. The quantitative estimate of drug-likeness (QED) is 0.284. The lowest BCUT2D eigenvalue weighted by Gasteiger charge is -2.13. The van der Waals surface area contributed by atoms with Crippen LogP contribution in [0.15, 0.2) is 59.7 Å². The number of nitrogens with one attached hydrogen (secondary N) is 4.